The largest absolute Gasteiger partial charge is 0.741 e. The summed E-state index contributed by atoms with van der Waals surface area (Å²) in [6, 6.07) is 0. The summed E-state index contributed by atoms with van der Waals surface area (Å²) in [7, 11) is -24.4. The van der Waals surface area contributed by atoms with Gasteiger partial charge in [0.2, 0.25) is 0 Å². The summed E-state index contributed by atoms with van der Waals surface area (Å²) in [5.74, 6) is 0. The third-order valence-corrected chi connectivity index (χ3v) is 3.40. The number of hydrogen-bond acceptors (Lipinski definition) is 12. The van der Waals surface area contributed by atoms with Gasteiger partial charge in [0.1, 0.15) is 0 Å². The molecule has 0 aromatic heterocycles. The van der Waals surface area contributed by atoms with Gasteiger partial charge in [-0.3, -0.25) is 0 Å². The van der Waals surface area contributed by atoms with E-state index in [1.165, 1.54) is 0 Å². The first-order valence-electron chi connectivity index (χ1n) is 5.08. The molecule has 0 bridgehead atoms. The van der Waals surface area contributed by atoms with E-state index in [4.69, 9.17) is 51.9 Å². The fourth-order valence-corrected chi connectivity index (χ4v) is 0. The zero-order valence-electron chi connectivity index (χ0n) is 13.5. The Kier molecular flexibility index (Phi) is 17.6. The fraction of sp³-hybridized carbons (Fsp3) is 1.00. The molecule has 12 nitrogen and oxygen atoms in total. The van der Waals surface area contributed by atoms with Crippen LogP contribution in [-0.4, -0.2) is 73.9 Å². The van der Waals surface area contributed by atoms with Crippen molar-refractivity contribution in [1.29, 1.82) is 0 Å². The number of halogens is 12. The Morgan fingerprint density at radius 2 is 0.364 bits per heavy atom. The molecule has 0 aromatic rings. The standard InChI is InChI=1S/4CHF3O3S.Sm/c4*2-1(3,4)8(5,6)7;/h4*(H,5,6,7);/p-4. The first kappa shape index (κ1) is 43.2. The van der Waals surface area contributed by atoms with E-state index in [0.29, 0.717) is 0 Å². The SMILES string of the molecule is O=S(=O)([O-])C(F)(F)F.O=S(=O)([O-])C(F)(F)F.O=S(=O)([O-])C(F)(F)F.O=S(=O)([O-])C(F)(F)F.[Sm]. The first-order valence-corrected chi connectivity index (χ1v) is 10.7. The van der Waals surface area contributed by atoms with Gasteiger partial charge in [-0.05, 0) is 0 Å². The van der Waals surface area contributed by atoms with Crippen LogP contribution in [0.5, 0.6) is 0 Å². The Bertz CT molecular complexity index is 828. The average molecular weight is 747 g/mol. The van der Waals surface area contributed by atoms with Crippen LogP contribution in [0.4, 0.5) is 52.7 Å². The molecule has 0 aromatic carbocycles. The third kappa shape index (κ3) is 22.4. The van der Waals surface area contributed by atoms with Crippen LogP contribution in [0.3, 0.4) is 0 Å². The predicted octanol–water partition coefficient (Wildman–Crippen LogP) is 0.206. The van der Waals surface area contributed by atoms with Crippen molar-refractivity contribution in [3.05, 3.63) is 0 Å². The van der Waals surface area contributed by atoms with Gasteiger partial charge in [-0.15, -0.1) is 0 Å². The van der Waals surface area contributed by atoms with Crippen LogP contribution in [0.25, 0.3) is 0 Å². The van der Waals surface area contributed by atoms with Crippen molar-refractivity contribution in [2.24, 2.45) is 0 Å². The summed E-state index contributed by atoms with van der Waals surface area (Å²) in [4.78, 5) is 0. The van der Waals surface area contributed by atoms with E-state index in [0.717, 1.165) is 0 Å². The van der Waals surface area contributed by atoms with Crippen LogP contribution in [0, 0.1) is 40.4 Å². The molecule has 0 unspecified atom stereocenters. The van der Waals surface area contributed by atoms with Crippen molar-refractivity contribution >= 4 is 40.5 Å². The Morgan fingerprint density at radius 3 is 0.364 bits per heavy atom. The predicted molar refractivity (Wildman–Crippen MR) is 63.0 cm³/mol. The molecule has 29 heteroatoms. The second kappa shape index (κ2) is 13.4. The smallest absolute Gasteiger partial charge is 0.485 e. The van der Waals surface area contributed by atoms with Crippen molar-refractivity contribution < 1.29 is 145 Å². The molecule has 0 fully saturated rings. The maximum Gasteiger partial charge on any atom is 0.485 e. The zero-order chi connectivity index (χ0) is 28.0. The van der Waals surface area contributed by atoms with Crippen LogP contribution >= 0.6 is 0 Å². The van der Waals surface area contributed by atoms with Crippen molar-refractivity contribution in [3.8, 4) is 0 Å². The molecule has 0 radical (unpaired) electrons. The molecule has 0 atom stereocenters. The molecular weight excluding hydrogens is 747 g/mol. The van der Waals surface area contributed by atoms with E-state index in [2.05, 4.69) is 0 Å². The van der Waals surface area contributed by atoms with Gasteiger partial charge in [-0.2, -0.15) is 52.7 Å². The van der Waals surface area contributed by atoms with Gasteiger partial charge in [0, 0.05) is 40.4 Å². The topological polar surface area (TPSA) is 229 Å². The second-order valence-corrected chi connectivity index (χ2v) is 9.08. The molecule has 0 spiro atoms. The van der Waals surface area contributed by atoms with Gasteiger partial charge in [-0.25, -0.2) is 33.7 Å². The molecule has 0 aliphatic heterocycles. The van der Waals surface area contributed by atoms with Crippen LogP contribution in [0.1, 0.15) is 0 Å². The van der Waals surface area contributed by atoms with Gasteiger partial charge in [-0.1, -0.05) is 0 Å². The Morgan fingerprint density at radius 1 is 0.333 bits per heavy atom. The minimum atomic E-state index is -6.09. The zero-order valence-corrected chi connectivity index (χ0v) is 19.4. The Labute approximate surface area is 206 Å². The van der Waals surface area contributed by atoms with E-state index < -0.39 is 62.5 Å². The molecule has 206 valence electrons. The molecule has 0 saturated heterocycles. The third-order valence-electron chi connectivity index (χ3n) is 1.13. The van der Waals surface area contributed by atoms with Gasteiger partial charge >= 0.3 is 22.0 Å². The van der Waals surface area contributed by atoms with Crippen molar-refractivity contribution in [2.45, 2.75) is 22.0 Å². The van der Waals surface area contributed by atoms with Crippen molar-refractivity contribution in [3.63, 3.8) is 0 Å². The maximum absolute atomic E-state index is 10.7. The summed E-state index contributed by atoms with van der Waals surface area (Å²) in [5.41, 5.74) is -22.6. The van der Waals surface area contributed by atoms with E-state index in [1.807, 2.05) is 0 Å². The number of rotatable bonds is 0. The van der Waals surface area contributed by atoms with Crippen LogP contribution in [0.15, 0.2) is 0 Å². The molecule has 0 aliphatic rings. The monoisotopic (exact) mass is 748 g/mol. The molecule has 0 saturated carbocycles. The van der Waals surface area contributed by atoms with Crippen LogP contribution in [0.2, 0.25) is 0 Å². The van der Waals surface area contributed by atoms with Gasteiger partial charge in [0.25, 0.3) is 0 Å². The van der Waals surface area contributed by atoms with Gasteiger partial charge < -0.3 is 18.2 Å². The van der Waals surface area contributed by atoms with E-state index >= 15 is 0 Å². The number of alkyl halides is 12. The van der Waals surface area contributed by atoms with Crippen LogP contribution < -0.4 is 0 Å². The van der Waals surface area contributed by atoms with E-state index in [-0.39, 0.29) is 40.4 Å². The quantitative estimate of drug-likeness (QED) is 0.184. The maximum atomic E-state index is 10.7. The molecule has 0 amide bonds. The summed E-state index contributed by atoms with van der Waals surface area (Å²) < 4.78 is 236. The Balaban J connectivity index is -0.000000105. The average Bonchev–Trinajstić information content (AvgIpc) is 2.30. The van der Waals surface area contributed by atoms with E-state index in [9.17, 15) is 52.7 Å². The molecule has 0 aliphatic carbocycles. The van der Waals surface area contributed by atoms with Crippen LogP contribution in [-0.2, 0) is 40.5 Å². The fourth-order valence-electron chi connectivity index (χ4n) is 0. The van der Waals surface area contributed by atoms with E-state index in [1.54, 1.807) is 0 Å². The first-order chi connectivity index (χ1) is 13.0. The second-order valence-electron chi connectivity index (χ2n) is 3.60. The van der Waals surface area contributed by atoms with Gasteiger partial charge in [0.15, 0.2) is 40.5 Å². The minimum Gasteiger partial charge on any atom is -0.741 e. The van der Waals surface area contributed by atoms with Gasteiger partial charge in [0.05, 0.1) is 0 Å². The summed E-state index contributed by atoms with van der Waals surface area (Å²) in [5, 5.41) is 0. The normalized spacial score (nSPS) is 13.6. The summed E-state index contributed by atoms with van der Waals surface area (Å²) in [6.07, 6.45) is 0. The molecular formula is C4F12O12S4Sm-4. The molecule has 0 heterocycles. The summed E-state index contributed by atoms with van der Waals surface area (Å²) >= 11 is 0. The summed E-state index contributed by atoms with van der Waals surface area (Å²) in [6.45, 7) is 0. The molecule has 0 N–H and O–H groups in total. The van der Waals surface area contributed by atoms with Crippen molar-refractivity contribution in [2.75, 3.05) is 0 Å². The minimum absolute atomic E-state index is 0. The molecule has 0 rings (SSSR count). The Hall–Kier alpha value is 0.138. The molecule has 33 heavy (non-hydrogen) atoms. The number of hydrogen-bond donors (Lipinski definition) is 0. The van der Waals surface area contributed by atoms with Crippen molar-refractivity contribution in [1.82, 2.24) is 0 Å².